The maximum atomic E-state index is 11.9. The molecule has 92 valence electrons. The van der Waals surface area contributed by atoms with Crippen LogP contribution < -0.4 is 0 Å². The number of benzene rings is 1. The number of carbonyl (C=O) groups is 1. The lowest BCUT2D eigenvalue weighted by atomic mass is 9.84. The zero-order chi connectivity index (χ0) is 12.3. The second kappa shape index (κ2) is 4.88. The summed E-state index contributed by atoms with van der Waals surface area (Å²) in [7, 11) is 0. The number of esters is 1. The third-order valence-electron chi connectivity index (χ3n) is 3.44. The van der Waals surface area contributed by atoms with Crippen LogP contribution in [0.25, 0.3) is 0 Å². The second-order valence-corrected chi connectivity index (χ2v) is 4.74. The Labute approximate surface area is 102 Å². The van der Waals surface area contributed by atoms with Crippen molar-refractivity contribution in [3.05, 3.63) is 35.4 Å². The molecule has 0 radical (unpaired) electrons. The first-order valence-corrected chi connectivity index (χ1v) is 5.97. The number of rotatable bonds is 4. The Morgan fingerprint density at radius 3 is 2.65 bits per heavy atom. The Kier molecular flexibility index (Phi) is 3.48. The molecule has 0 saturated carbocycles. The van der Waals surface area contributed by atoms with Crippen LogP contribution in [0.3, 0.4) is 0 Å². The van der Waals surface area contributed by atoms with E-state index in [1.165, 1.54) is 0 Å². The van der Waals surface area contributed by atoms with Gasteiger partial charge >= 0.3 is 5.97 Å². The molecule has 0 N–H and O–H groups in total. The highest BCUT2D eigenvalue weighted by Crippen LogP contribution is 2.31. The van der Waals surface area contributed by atoms with Gasteiger partial charge < -0.3 is 9.47 Å². The summed E-state index contributed by atoms with van der Waals surface area (Å²) in [5.41, 5.74) is 1.66. The molecule has 0 unspecified atom stereocenters. The Morgan fingerprint density at radius 1 is 1.41 bits per heavy atom. The lowest BCUT2D eigenvalue weighted by molar-refractivity contribution is -0.140. The predicted octanol–water partition coefficient (Wildman–Crippen LogP) is 2.58. The number of hydrogen-bond acceptors (Lipinski definition) is 3. The molecular weight excluding hydrogens is 216 g/mol. The van der Waals surface area contributed by atoms with Gasteiger partial charge in [0, 0.05) is 0 Å². The average molecular weight is 234 g/mol. The van der Waals surface area contributed by atoms with E-state index >= 15 is 0 Å². The van der Waals surface area contributed by atoms with Crippen LogP contribution >= 0.6 is 0 Å². The van der Waals surface area contributed by atoms with Gasteiger partial charge in [-0.2, -0.15) is 0 Å². The van der Waals surface area contributed by atoms with E-state index in [0.717, 1.165) is 12.0 Å². The van der Waals surface area contributed by atoms with Gasteiger partial charge in [-0.05, 0) is 25.0 Å². The molecule has 1 aromatic carbocycles. The quantitative estimate of drug-likeness (QED) is 0.751. The fourth-order valence-electron chi connectivity index (χ4n) is 1.88. The Hall–Kier alpha value is -1.35. The third-order valence-corrected chi connectivity index (χ3v) is 3.44. The minimum atomic E-state index is -0.233. The normalized spacial score (nSPS) is 17.3. The molecule has 0 aromatic heterocycles. The van der Waals surface area contributed by atoms with Crippen LogP contribution in [0.2, 0.25) is 0 Å². The summed E-state index contributed by atoms with van der Waals surface area (Å²) in [6.07, 6.45) is 0.980. The van der Waals surface area contributed by atoms with E-state index in [2.05, 4.69) is 6.92 Å². The maximum Gasteiger partial charge on any atom is 0.338 e. The monoisotopic (exact) mass is 234 g/mol. The van der Waals surface area contributed by atoms with Gasteiger partial charge in [-0.15, -0.1) is 0 Å². The highest BCUT2D eigenvalue weighted by atomic mass is 16.5. The summed E-state index contributed by atoms with van der Waals surface area (Å²) < 4.78 is 10.6. The molecular formula is C14H18O3. The molecule has 0 atom stereocenters. The van der Waals surface area contributed by atoms with Crippen LogP contribution in [0.1, 0.15) is 29.3 Å². The predicted molar refractivity (Wildman–Crippen MR) is 65.0 cm³/mol. The Morgan fingerprint density at radius 2 is 2.12 bits per heavy atom. The first-order valence-electron chi connectivity index (χ1n) is 5.97. The lowest BCUT2D eigenvalue weighted by Crippen LogP contribution is -2.46. The number of hydrogen-bond donors (Lipinski definition) is 0. The number of ether oxygens (including phenoxy) is 2. The molecule has 3 nitrogen and oxygen atoms in total. The largest absolute Gasteiger partial charge is 0.461 e. The molecule has 3 heteroatoms. The molecule has 0 spiro atoms. The van der Waals surface area contributed by atoms with Crippen molar-refractivity contribution in [2.24, 2.45) is 5.41 Å². The van der Waals surface area contributed by atoms with Crippen molar-refractivity contribution in [3.8, 4) is 0 Å². The molecule has 0 bridgehead atoms. The van der Waals surface area contributed by atoms with Crippen molar-refractivity contribution < 1.29 is 14.3 Å². The van der Waals surface area contributed by atoms with Crippen LogP contribution in [-0.4, -0.2) is 25.8 Å². The highest BCUT2D eigenvalue weighted by Gasteiger charge is 2.38. The van der Waals surface area contributed by atoms with Gasteiger partial charge in [0.15, 0.2) is 0 Å². The minimum Gasteiger partial charge on any atom is -0.461 e. The zero-order valence-corrected chi connectivity index (χ0v) is 10.4. The SMILES string of the molecule is CCC1(COC(=O)c2ccccc2C)COC1. The second-order valence-electron chi connectivity index (χ2n) is 4.74. The smallest absolute Gasteiger partial charge is 0.338 e. The summed E-state index contributed by atoms with van der Waals surface area (Å²) in [6.45, 7) is 5.87. The molecule has 1 heterocycles. The van der Waals surface area contributed by atoms with Crippen LogP contribution in [0.5, 0.6) is 0 Å². The van der Waals surface area contributed by atoms with E-state index in [0.29, 0.717) is 25.4 Å². The fourth-order valence-corrected chi connectivity index (χ4v) is 1.88. The Bertz CT molecular complexity index is 402. The van der Waals surface area contributed by atoms with Crippen molar-refractivity contribution in [1.82, 2.24) is 0 Å². The topological polar surface area (TPSA) is 35.5 Å². The van der Waals surface area contributed by atoms with Gasteiger partial charge in [-0.3, -0.25) is 0 Å². The summed E-state index contributed by atoms with van der Waals surface area (Å²) in [4.78, 5) is 11.9. The molecule has 1 aromatic rings. The van der Waals surface area contributed by atoms with E-state index in [1.54, 1.807) is 6.07 Å². The van der Waals surface area contributed by atoms with Gasteiger partial charge in [-0.25, -0.2) is 4.79 Å². The van der Waals surface area contributed by atoms with Gasteiger partial charge in [0.1, 0.15) is 6.61 Å². The zero-order valence-electron chi connectivity index (χ0n) is 10.4. The molecule has 0 amide bonds. The molecule has 2 rings (SSSR count). The van der Waals surface area contributed by atoms with Gasteiger partial charge in [0.05, 0.1) is 24.2 Å². The molecule has 17 heavy (non-hydrogen) atoms. The molecule has 1 aliphatic rings. The summed E-state index contributed by atoms with van der Waals surface area (Å²) in [5.74, 6) is -0.233. The van der Waals surface area contributed by atoms with E-state index < -0.39 is 0 Å². The van der Waals surface area contributed by atoms with E-state index in [4.69, 9.17) is 9.47 Å². The number of aryl methyl sites for hydroxylation is 1. The van der Waals surface area contributed by atoms with Crippen molar-refractivity contribution in [3.63, 3.8) is 0 Å². The standard InChI is InChI=1S/C14H18O3/c1-3-14(8-16-9-14)10-17-13(15)12-7-5-4-6-11(12)2/h4-7H,3,8-10H2,1-2H3. The number of carbonyl (C=O) groups excluding carboxylic acids is 1. The van der Waals surface area contributed by atoms with Crippen LogP contribution in [0.15, 0.2) is 24.3 Å². The summed E-state index contributed by atoms with van der Waals surface area (Å²) in [6, 6.07) is 7.48. The van der Waals surface area contributed by atoms with E-state index in [-0.39, 0.29) is 11.4 Å². The molecule has 1 fully saturated rings. The lowest BCUT2D eigenvalue weighted by Gasteiger charge is -2.39. The van der Waals surface area contributed by atoms with Crippen LogP contribution in [0, 0.1) is 12.3 Å². The van der Waals surface area contributed by atoms with Crippen molar-refractivity contribution in [2.45, 2.75) is 20.3 Å². The average Bonchev–Trinajstić information content (AvgIpc) is 2.28. The van der Waals surface area contributed by atoms with E-state index in [9.17, 15) is 4.79 Å². The fraction of sp³-hybridized carbons (Fsp3) is 0.500. The van der Waals surface area contributed by atoms with E-state index in [1.807, 2.05) is 25.1 Å². The first kappa shape index (κ1) is 12.1. The van der Waals surface area contributed by atoms with Crippen LogP contribution in [-0.2, 0) is 9.47 Å². The van der Waals surface area contributed by atoms with Gasteiger partial charge in [0.2, 0.25) is 0 Å². The summed E-state index contributed by atoms with van der Waals surface area (Å²) in [5, 5.41) is 0. The molecule has 1 aliphatic heterocycles. The van der Waals surface area contributed by atoms with Gasteiger partial charge in [-0.1, -0.05) is 25.1 Å². The van der Waals surface area contributed by atoms with Gasteiger partial charge in [0.25, 0.3) is 0 Å². The maximum absolute atomic E-state index is 11.9. The van der Waals surface area contributed by atoms with Crippen molar-refractivity contribution in [1.29, 1.82) is 0 Å². The van der Waals surface area contributed by atoms with Crippen molar-refractivity contribution >= 4 is 5.97 Å². The molecule has 0 aliphatic carbocycles. The Balaban J connectivity index is 1.96. The van der Waals surface area contributed by atoms with Crippen LogP contribution in [0.4, 0.5) is 0 Å². The minimum absolute atomic E-state index is 0.0539. The summed E-state index contributed by atoms with van der Waals surface area (Å²) >= 11 is 0. The molecule has 1 saturated heterocycles. The third kappa shape index (κ3) is 2.50. The highest BCUT2D eigenvalue weighted by molar-refractivity contribution is 5.90. The first-order chi connectivity index (χ1) is 8.17. The van der Waals surface area contributed by atoms with Crippen molar-refractivity contribution in [2.75, 3.05) is 19.8 Å².